The van der Waals surface area contributed by atoms with E-state index in [-0.39, 0.29) is 16.6 Å². The predicted octanol–water partition coefficient (Wildman–Crippen LogP) is 8.31. The number of H-pyrrole nitrogens is 1. The van der Waals surface area contributed by atoms with Gasteiger partial charge >= 0.3 is 0 Å². The topological polar surface area (TPSA) is 236 Å². The zero-order chi connectivity index (χ0) is 47.5. The van der Waals surface area contributed by atoms with Gasteiger partial charge in [-0.25, -0.2) is 28.4 Å². The molecule has 18 nitrogen and oxygen atoms in total. The number of aromatic nitrogens is 11. The van der Waals surface area contributed by atoms with Crippen molar-refractivity contribution in [2.24, 2.45) is 0 Å². The van der Waals surface area contributed by atoms with Crippen molar-refractivity contribution < 1.29 is 22.6 Å². The Hall–Kier alpha value is -6.78. The summed E-state index contributed by atoms with van der Waals surface area (Å²) in [6, 6.07) is 24.5. The molecule has 2 N–H and O–H groups in total. The van der Waals surface area contributed by atoms with E-state index in [1.807, 2.05) is 42.8 Å². The summed E-state index contributed by atoms with van der Waals surface area (Å²) in [5, 5.41) is 5.03. The van der Waals surface area contributed by atoms with E-state index in [2.05, 4.69) is 60.1 Å². The molecule has 1 aromatic carbocycles. The number of methoxy groups -OCH3 is 3. The first-order valence-corrected chi connectivity index (χ1v) is 24.0. The molecule has 8 rings (SSSR count). The smallest absolute Gasteiger partial charge is 0.252 e. The van der Waals surface area contributed by atoms with Crippen molar-refractivity contribution in [3.8, 4) is 51.4 Å². The van der Waals surface area contributed by atoms with Crippen molar-refractivity contribution in [1.29, 1.82) is 0 Å². The highest BCUT2D eigenvalue weighted by molar-refractivity contribution is 7.98. The summed E-state index contributed by atoms with van der Waals surface area (Å²) >= 11 is 14.7. The molecule has 0 spiro atoms. The molecule has 0 aliphatic heterocycles. The number of ether oxygens (including phenoxy) is 3. The number of nitrogens with one attached hydrogen (secondary N) is 2. The van der Waals surface area contributed by atoms with E-state index >= 15 is 0 Å². The van der Waals surface area contributed by atoms with Crippen molar-refractivity contribution in [3.63, 3.8) is 0 Å². The SMILES string of the molecule is COc1cc(-c2ccncc2)nc(S(C)(=O)=O)n1.COc1cc(-c2ccncc2)nc(SC)n1.COc1cc(Cl)nc(SC)n1.O=c1cc(-c2ccncc2)nc(Nc2ccccc2Cl)[nH]1. The van der Waals surface area contributed by atoms with E-state index < -0.39 is 9.84 Å². The zero-order valence-corrected chi connectivity index (χ0v) is 39.9. The monoisotopic (exact) mass is 986 g/mol. The van der Waals surface area contributed by atoms with Gasteiger partial charge < -0.3 is 19.5 Å². The number of halogens is 2. The molecule has 0 saturated carbocycles. The molecule has 0 unspecified atom stereocenters. The van der Waals surface area contributed by atoms with Crippen molar-refractivity contribution >= 4 is 68.2 Å². The second-order valence-corrected chi connectivity index (χ2v) is 16.9. The summed E-state index contributed by atoms with van der Waals surface area (Å²) < 4.78 is 38.0. The van der Waals surface area contributed by atoms with Crippen LogP contribution in [0.2, 0.25) is 10.2 Å². The maximum absolute atomic E-state index is 11.8. The summed E-state index contributed by atoms with van der Waals surface area (Å²) in [5.74, 6) is 1.61. The van der Waals surface area contributed by atoms with Crippen molar-refractivity contribution in [3.05, 3.63) is 143 Å². The average molecular weight is 988 g/mol. The Balaban J connectivity index is 0.000000169. The lowest BCUT2D eigenvalue weighted by Gasteiger charge is -2.08. The Morgan fingerprint density at radius 3 is 1.52 bits per heavy atom. The van der Waals surface area contributed by atoms with E-state index in [9.17, 15) is 13.2 Å². The number of sulfone groups is 1. The first-order chi connectivity index (χ1) is 31.8. The molecule has 0 radical (unpaired) electrons. The second-order valence-electron chi connectivity index (χ2n) is 12.6. The van der Waals surface area contributed by atoms with Crippen LogP contribution in [0.25, 0.3) is 33.8 Å². The highest BCUT2D eigenvalue weighted by Gasteiger charge is 2.15. The Labute approximate surface area is 398 Å². The number of hydrogen-bond acceptors (Lipinski definition) is 19. The van der Waals surface area contributed by atoms with Crippen molar-refractivity contribution in [2.75, 3.05) is 45.4 Å². The van der Waals surface area contributed by atoms with Gasteiger partial charge in [-0.15, -0.1) is 0 Å². The van der Waals surface area contributed by atoms with Crippen molar-refractivity contribution in [1.82, 2.24) is 54.8 Å². The summed E-state index contributed by atoms with van der Waals surface area (Å²) in [7, 11) is 1.08. The molecular formula is C43H40Cl2N12O6S3. The normalized spacial score (nSPS) is 10.4. The molecule has 8 aromatic rings. The quantitative estimate of drug-likeness (QED) is 0.0704. The highest BCUT2D eigenvalue weighted by atomic mass is 35.5. The van der Waals surface area contributed by atoms with Gasteiger partial charge in [0.2, 0.25) is 33.4 Å². The van der Waals surface area contributed by atoms with Gasteiger partial charge in [-0.2, -0.15) is 15.0 Å². The number of benzene rings is 1. The van der Waals surface area contributed by atoms with Crippen LogP contribution in [0.15, 0.2) is 142 Å². The van der Waals surface area contributed by atoms with E-state index in [1.54, 1.807) is 99.9 Å². The second kappa shape index (κ2) is 25.1. The van der Waals surface area contributed by atoms with Crippen LogP contribution in [0.1, 0.15) is 0 Å². The van der Waals surface area contributed by atoms with Crippen LogP contribution in [-0.4, -0.2) is 103 Å². The zero-order valence-electron chi connectivity index (χ0n) is 35.9. The molecule has 7 aromatic heterocycles. The minimum absolute atomic E-state index is 0.206. The number of hydrogen-bond donors (Lipinski definition) is 2. The molecule has 0 fully saturated rings. The Kier molecular flexibility index (Phi) is 19.1. The molecule has 0 saturated heterocycles. The molecule has 0 bridgehead atoms. The Morgan fingerprint density at radius 1 is 0.576 bits per heavy atom. The third kappa shape index (κ3) is 15.4. The van der Waals surface area contributed by atoms with Gasteiger partial charge in [0.1, 0.15) is 5.15 Å². The highest BCUT2D eigenvalue weighted by Crippen LogP contribution is 2.26. The van der Waals surface area contributed by atoms with E-state index in [4.69, 9.17) is 37.4 Å². The Morgan fingerprint density at radius 2 is 1.03 bits per heavy atom. The van der Waals surface area contributed by atoms with Crippen LogP contribution in [0.4, 0.5) is 11.6 Å². The van der Waals surface area contributed by atoms with Crippen LogP contribution in [-0.2, 0) is 9.84 Å². The van der Waals surface area contributed by atoms with Crippen LogP contribution in [0.5, 0.6) is 17.6 Å². The first kappa shape index (κ1) is 50.2. The van der Waals surface area contributed by atoms with Gasteiger partial charge in [0, 0.05) is 84.4 Å². The van der Waals surface area contributed by atoms with Crippen molar-refractivity contribution in [2.45, 2.75) is 15.5 Å². The number of pyridine rings is 3. The number of thioether (sulfide) groups is 2. The molecule has 0 aliphatic carbocycles. The number of rotatable bonds is 11. The van der Waals surface area contributed by atoms with Gasteiger partial charge in [0.25, 0.3) is 10.7 Å². The fraction of sp³-hybridized carbons (Fsp3) is 0.140. The number of anilines is 2. The first-order valence-electron chi connectivity index (χ1n) is 18.9. The van der Waals surface area contributed by atoms with E-state index in [1.165, 1.54) is 36.7 Å². The maximum Gasteiger partial charge on any atom is 0.252 e. The number of nitrogens with zero attached hydrogens (tertiary/aromatic N) is 10. The molecule has 0 aliphatic rings. The van der Waals surface area contributed by atoms with Gasteiger partial charge in [0.05, 0.1) is 49.1 Å². The fourth-order valence-corrected chi connectivity index (χ4v) is 6.73. The fourth-order valence-electron chi connectivity index (χ4n) is 5.07. The third-order valence-electron chi connectivity index (χ3n) is 8.14. The standard InChI is InChI=1S/C15H11ClN4O.C11H11N3O3S.C11H11N3OS.C6H7ClN2OS/c16-11-3-1-2-4-12(11)18-15-19-13(9-14(21)20-15)10-5-7-17-8-6-10;1-17-10-7-9(8-3-5-12-6-4-8)13-11(14-10)18(2,15)16;1-15-10-7-9(13-11(14-10)16-2)8-3-5-12-6-4-8;1-10-5-3-4(7)8-6(9-5)11-2/h1-9H,(H2,18,19,20,21);3-7H,1-2H3;3-7H,1-2H3;3H,1-2H3. The minimum atomic E-state index is -3.48. The van der Waals surface area contributed by atoms with Gasteiger partial charge in [0.15, 0.2) is 10.3 Å². The summed E-state index contributed by atoms with van der Waals surface area (Å²) in [6.45, 7) is 0. The molecule has 340 valence electrons. The maximum atomic E-state index is 11.8. The van der Waals surface area contributed by atoms with Crippen LogP contribution >= 0.6 is 46.7 Å². The predicted molar refractivity (Wildman–Crippen MR) is 257 cm³/mol. The minimum Gasteiger partial charge on any atom is -0.481 e. The lowest BCUT2D eigenvalue weighted by molar-refractivity contribution is 0.391. The number of para-hydroxylation sites is 1. The molecule has 0 atom stereocenters. The lowest BCUT2D eigenvalue weighted by atomic mass is 10.2. The van der Waals surface area contributed by atoms with Crippen LogP contribution in [0.3, 0.4) is 0 Å². The van der Waals surface area contributed by atoms with Gasteiger partial charge in [-0.3, -0.25) is 24.7 Å². The van der Waals surface area contributed by atoms with Crippen LogP contribution < -0.4 is 25.1 Å². The molecular weight excluding hydrogens is 948 g/mol. The molecule has 66 heavy (non-hydrogen) atoms. The molecule has 23 heteroatoms. The summed E-state index contributed by atoms with van der Waals surface area (Å²) in [6.07, 6.45) is 14.9. The van der Waals surface area contributed by atoms with Gasteiger partial charge in [-0.05, 0) is 61.0 Å². The number of aromatic amines is 1. The largest absolute Gasteiger partial charge is 0.481 e. The summed E-state index contributed by atoms with van der Waals surface area (Å²) in [4.78, 5) is 55.0. The average Bonchev–Trinajstić information content (AvgIpc) is 3.35. The van der Waals surface area contributed by atoms with Crippen LogP contribution in [0, 0.1) is 0 Å². The lowest BCUT2D eigenvalue weighted by Crippen LogP contribution is -2.10. The Bertz CT molecular complexity index is 2940. The third-order valence-corrected chi connectivity index (χ3v) is 10.6. The van der Waals surface area contributed by atoms with E-state index in [0.717, 1.165) is 28.6 Å². The molecule has 7 heterocycles. The summed E-state index contributed by atoms with van der Waals surface area (Å²) in [5.41, 5.74) is 4.89. The van der Waals surface area contributed by atoms with Gasteiger partial charge in [-0.1, -0.05) is 58.9 Å². The van der Waals surface area contributed by atoms with E-state index in [0.29, 0.717) is 55.3 Å². The molecule has 0 amide bonds.